The molecule has 0 aliphatic carbocycles. The molecule has 0 saturated carbocycles. The minimum Gasteiger partial charge on any atom is -0.356 e. The van der Waals surface area contributed by atoms with Gasteiger partial charge in [-0.25, -0.2) is 4.98 Å². The molecule has 78 valence electrons. The van der Waals surface area contributed by atoms with Gasteiger partial charge in [0.2, 0.25) is 0 Å². The molecule has 15 heavy (non-hydrogen) atoms. The number of aromatic nitrogens is 1. The summed E-state index contributed by atoms with van der Waals surface area (Å²) in [7, 11) is 0. The van der Waals surface area contributed by atoms with Gasteiger partial charge < -0.3 is 10.6 Å². The van der Waals surface area contributed by atoms with Gasteiger partial charge in [0.05, 0.1) is 11.6 Å². The summed E-state index contributed by atoms with van der Waals surface area (Å²) < 4.78 is 0. The zero-order chi connectivity index (χ0) is 10.7. The molecular formula is C11H14N4. The Hall–Kier alpha value is -1.60. The van der Waals surface area contributed by atoms with Crippen LogP contribution in [0.2, 0.25) is 0 Å². The Kier molecular flexibility index (Phi) is 2.84. The van der Waals surface area contributed by atoms with E-state index >= 15 is 0 Å². The Morgan fingerprint density at radius 3 is 2.87 bits per heavy atom. The molecule has 2 heterocycles. The van der Waals surface area contributed by atoms with E-state index < -0.39 is 0 Å². The average Bonchev–Trinajstić information content (AvgIpc) is 2.30. The van der Waals surface area contributed by atoms with Crippen molar-refractivity contribution in [3.05, 3.63) is 23.9 Å². The van der Waals surface area contributed by atoms with Crippen molar-refractivity contribution in [2.75, 3.05) is 18.0 Å². The molecule has 1 fully saturated rings. The highest BCUT2D eigenvalue weighted by molar-refractivity contribution is 5.45. The molecule has 0 amide bonds. The number of nitrogens with zero attached hydrogens (tertiary/aromatic N) is 3. The third kappa shape index (κ3) is 2.25. The lowest BCUT2D eigenvalue weighted by atomic mass is 10.1. The first-order chi connectivity index (χ1) is 7.29. The average molecular weight is 202 g/mol. The fraction of sp³-hybridized carbons (Fsp3) is 0.455. The highest BCUT2D eigenvalue weighted by Crippen LogP contribution is 2.17. The molecule has 2 rings (SSSR count). The molecular weight excluding hydrogens is 188 g/mol. The van der Waals surface area contributed by atoms with Crippen LogP contribution in [-0.4, -0.2) is 24.1 Å². The Morgan fingerprint density at radius 2 is 2.20 bits per heavy atom. The summed E-state index contributed by atoms with van der Waals surface area (Å²) in [6, 6.07) is 6.00. The molecule has 0 aromatic carbocycles. The minimum atomic E-state index is 0.320. The van der Waals surface area contributed by atoms with Gasteiger partial charge in [-0.15, -0.1) is 0 Å². The topological polar surface area (TPSA) is 65.9 Å². The standard InChI is InChI=1S/C11H14N4/c12-8-9-1-4-14-11(7-9)15-5-2-10(13)3-6-15/h1,4,7,10H,2-3,5-6,13H2. The van der Waals surface area contributed by atoms with Gasteiger partial charge in [-0.05, 0) is 25.0 Å². The van der Waals surface area contributed by atoms with E-state index in [1.54, 1.807) is 12.3 Å². The zero-order valence-corrected chi connectivity index (χ0v) is 8.56. The third-order valence-corrected chi connectivity index (χ3v) is 2.74. The molecule has 1 aromatic heterocycles. The number of anilines is 1. The van der Waals surface area contributed by atoms with E-state index in [2.05, 4.69) is 16.0 Å². The van der Waals surface area contributed by atoms with E-state index in [9.17, 15) is 0 Å². The largest absolute Gasteiger partial charge is 0.356 e. The number of hydrogen-bond donors (Lipinski definition) is 1. The van der Waals surface area contributed by atoms with Crippen molar-refractivity contribution in [2.24, 2.45) is 5.73 Å². The lowest BCUT2D eigenvalue weighted by Crippen LogP contribution is -2.40. The monoisotopic (exact) mass is 202 g/mol. The fourth-order valence-corrected chi connectivity index (χ4v) is 1.79. The first-order valence-corrected chi connectivity index (χ1v) is 5.16. The van der Waals surface area contributed by atoms with Gasteiger partial charge in [0.15, 0.2) is 0 Å². The minimum absolute atomic E-state index is 0.320. The quantitative estimate of drug-likeness (QED) is 0.734. The van der Waals surface area contributed by atoms with Gasteiger partial charge >= 0.3 is 0 Å². The van der Waals surface area contributed by atoms with Crippen molar-refractivity contribution < 1.29 is 0 Å². The molecule has 4 nitrogen and oxygen atoms in total. The molecule has 4 heteroatoms. The summed E-state index contributed by atoms with van der Waals surface area (Å²) in [5.41, 5.74) is 6.49. The number of nitrogens with two attached hydrogens (primary N) is 1. The van der Waals surface area contributed by atoms with Crippen molar-refractivity contribution in [1.82, 2.24) is 4.98 Å². The van der Waals surface area contributed by atoms with Crippen LogP contribution in [0.25, 0.3) is 0 Å². The van der Waals surface area contributed by atoms with Crippen molar-refractivity contribution in [3.8, 4) is 6.07 Å². The van der Waals surface area contributed by atoms with Gasteiger partial charge in [-0.3, -0.25) is 0 Å². The third-order valence-electron chi connectivity index (χ3n) is 2.74. The number of rotatable bonds is 1. The lowest BCUT2D eigenvalue weighted by molar-refractivity contribution is 0.498. The summed E-state index contributed by atoms with van der Waals surface area (Å²) in [6.45, 7) is 1.87. The summed E-state index contributed by atoms with van der Waals surface area (Å²) in [6.07, 6.45) is 3.68. The molecule has 0 atom stereocenters. The smallest absolute Gasteiger partial charge is 0.129 e. The summed E-state index contributed by atoms with van der Waals surface area (Å²) >= 11 is 0. The Labute approximate surface area is 89.3 Å². The molecule has 1 saturated heterocycles. The molecule has 0 radical (unpaired) electrons. The van der Waals surface area contributed by atoms with Gasteiger partial charge in [-0.2, -0.15) is 5.26 Å². The van der Waals surface area contributed by atoms with Crippen LogP contribution >= 0.6 is 0 Å². The highest BCUT2D eigenvalue weighted by atomic mass is 15.2. The van der Waals surface area contributed by atoms with Crippen LogP contribution < -0.4 is 10.6 Å². The van der Waals surface area contributed by atoms with E-state index in [0.717, 1.165) is 31.7 Å². The summed E-state index contributed by atoms with van der Waals surface area (Å²) in [4.78, 5) is 6.45. The molecule has 0 unspecified atom stereocenters. The first kappa shape index (κ1) is 9.94. The Morgan fingerprint density at radius 1 is 1.47 bits per heavy atom. The molecule has 1 aromatic rings. The van der Waals surface area contributed by atoms with Crippen LogP contribution in [0.15, 0.2) is 18.3 Å². The van der Waals surface area contributed by atoms with Crippen LogP contribution in [0, 0.1) is 11.3 Å². The summed E-state index contributed by atoms with van der Waals surface area (Å²) in [5, 5.41) is 8.79. The van der Waals surface area contributed by atoms with E-state index in [0.29, 0.717) is 11.6 Å². The maximum Gasteiger partial charge on any atom is 0.129 e. The fourth-order valence-electron chi connectivity index (χ4n) is 1.79. The van der Waals surface area contributed by atoms with Crippen LogP contribution in [0.3, 0.4) is 0 Å². The van der Waals surface area contributed by atoms with Gasteiger partial charge in [0.1, 0.15) is 5.82 Å². The normalized spacial score (nSPS) is 17.5. The van der Waals surface area contributed by atoms with Crippen molar-refractivity contribution in [2.45, 2.75) is 18.9 Å². The second kappa shape index (κ2) is 4.28. The second-order valence-electron chi connectivity index (χ2n) is 3.84. The number of pyridine rings is 1. The van der Waals surface area contributed by atoms with Crippen molar-refractivity contribution in [1.29, 1.82) is 5.26 Å². The van der Waals surface area contributed by atoms with Gasteiger partial charge in [0, 0.05) is 25.3 Å². The Bertz CT molecular complexity index is 374. The molecule has 2 N–H and O–H groups in total. The maximum absolute atomic E-state index is 8.79. The van der Waals surface area contributed by atoms with E-state index in [1.165, 1.54) is 0 Å². The lowest BCUT2D eigenvalue weighted by Gasteiger charge is -2.31. The van der Waals surface area contributed by atoms with E-state index in [4.69, 9.17) is 11.0 Å². The maximum atomic E-state index is 8.79. The van der Waals surface area contributed by atoms with Crippen LogP contribution in [0.1, 0.15) is 18.4 Å². The van der Waals surface area contributed by atoms with Crippen LogP contribution in [0.5, 0.6) is 0 Å². The predicted octanol–water partition coefficient (Wildman–Crippen LogP) is 0.881. The van der Waals surface area contributed by atoms with Crippen LogP contribution in [0.4, 0.5) is 5.82 Å². The Balaban J connectivity index is 2.12. The molecule has 1 aliphatic rings. The number of piperidine rings is 1. The van der Waals surface area contributed by atoms with E-state index in [1.807, 2.05) is 6.07 Å². The van der Waals surface area contributed by atoms with Crippen molar-refractivity contribution >= 4 is 5.82 Å². The van der Waals surface area contributed by atoms with E-state index in [-0.39, 0.29) is 0 Å². The predicted molar refractivity (Wildman–Crippen MR) is 58.4 cm³/mol. The number of nitriles is 1. The zero-order valence-electron chi connectivity index (χ0n) is 8.56. The molecule has 1 aliphatic heterocycles. The molecule has 0 bridgehead atoms. The molecule has 0 spiro atoms. The van der Waals surface area contributed by atoms with Crippen LogP contribution in [-0.2, 0) is 0 Å². The summed E-state index contributed by atoms with van der Waals surface area (Å²) in [5.74, 6) is 0.890. The first-order valence-electron chi connectivity index (χ1n) is 5.16. The van der Waals surface area contributed by atoms with Gasteiger partial charge in [-0.1, -0.05) is 0 Å². The number of hydrogen-bond acceptors (Lipinski definition) is 4. The second-order valence-corrected chi connectivity index (χ2v) is 3.84. The van der Waals surface area contributed by atoms with Gasteiger partial charge in [0.25, 0.3) is 0 Å². The highest BCUT2D eigenvalue weighted by Gasteiger charge is 2.17. The SMILES string of the molecule is N#Cc1ccnc(N2CCC(N)CC2)c1. The van der Waals surface area contributed by atoms with Crippen molar-refractivity contribution in [3.63, 3.8) is 0 Å².